The van der Waals surface area contributed by atoms with Crippen molar-refractivity contribution in [3.8, 4) is 0 Å². The Kier molecular flexibility index (Phi) is 3.47. The number of aryl methyl sites for hydroxylation is 1. The molecule has 6 heteroatoms. The van der Waals surface area contributed by atoms with E-state index in [4.69, 9.17) is 5.73 Å². The second-order valence-corrected chi connectivity index (χ2v) is 4.77. The van der Waals surface area contributed by atoms with Gasteiger partial charge < -0.3 is 16.0 Å². The number of carbonyl (C=O) groups excluding carboxylic acids is 1. The van der Waals surface area contributed by atoms with E-state index < -0.39 is 0 Å². The predicted octanol–water partition coefficient (Wildman–Crippen LogP) is 1.26. The number of amides is 1. The van der Waals surface area contributed by atoms with Crippen LogP contribution in [0.5, 0.6) is 0 Å². The predicted molar refractivity (Wildman–Crippen MR) is 71.7 cm³/mol. The van der Waals surface area contributed by atoms with Gasteiger partial charge in [0.25, 0.3) is 5.91 Å². The molecule has 0 saturated heterocycles. The minimum atomic E-state index is -0.202. The van der Waals surface area contributed by atoms with Gasteiger partial charge in [0.15, 0.2) is 0 Å². The first kappa shape index (κ1) is 12.4. The summed E-state index contributed by atoms with van der Waals surface area (Å²) in [5.41, 5.74) is 8.31. The first-order valence-corrected chi connectivity index (χ1v) is 6.25. The highest BCUT2D eigenvalue weighted by Gasteiger charge is 2.09. The summed E-state index contributed by atoms with van der Waals surface area (Å²) in [6.07, 6.45) is 0. The molecular weight excluding hydrogens is 250 g/mol. The van der Waals surface area contributed by atoms with Crippen LogP contribution in [0.2, 0.25) is 0 Å². The average Bonchev–Trinajstić information content (AvgIpc) is 2.75. The lowest BCUT2D eigenvalue weighted by Crippen LogP contribution is -2.24. The van der Waals surface area contributed by atoms with Gasteiger partial charge in [-0.25, -0.2) is 0 Å². The van der Waals surface area contributed by atoms with Crippen molar-refractivity contribution in [1.82, 2.24) is 10.3 Å². The summed E-state index contributed by atoms with van der Waals surface area (Å²) in [7, 11) is 0. The van der Waals surface area contributed by atoms with Crippen LogP contribution in [0.1, 0.15) is 21.6 Å². The van der Waals surface area contributed by atoms with E-state index in [0.29, 0.717) is 23.5 Å². The molecule has 0 fully saturated rings. The molecule has 1 amide bonds. The molecule has 0 aliphatic rings. The number of benzene rings is 1. The lowest BCUT2D eigenvalue weighted by molar-refractivity contribution is 0.0950. The number of nitrogen functional groups attached to an aromatic ring is 1. The van der Waals surface area contributed by atoms with E-state index in [1.807, 2.05) is 6.92 Å². The molecule has 94 valence electrons. The summed E-state index contributed by atoms with van der Waals surface area (Å²) in [6, 6.07) is 5.19. The van der Waals surface area contributed by atoms with Crippen molar-refractivity contribution >= 4 is 22.9 Å². The number of nitrogens with one attached hydrogen (secondary N) is 2. The largest absolute Gasteiger partial charge is 0.399 e. The van der Waals surface area contributed by atoms with Crippen molar-refractivity contribution in [1.29, 1.82) is 0 Å². The maximum atomic E-state index is 11.9. The zero-order chi connectivity index (χ0) is 13.1. The van der Waals surface area contributed by atoms with Crippen LogP contribution in [0, 0.1) is 6.92 Å². The molecular formula is C12H13N3O2S. The third-order valence-electron chi connectivity index (χ3n) is 2.52. The first-order chi connectivity index (χ1) is 8.56. The highest BCUT2D eigenvalue weighted by Crippen LogP contribution is 2.12. The van der Waals surface area contributed by atoms with Crippen LogP contribution in [-0.4, -0.2) is 10.9 Å². The minimum absolute atomic E-state index is 0.126. The maximum absolute atomic E-state index is 11.9. The van der Waals surface area contributed by atoms with Crippen LogP contribution in [0.15, 0.2) is 28.4 Å². The van der Waals surface area contributed by atoms with Gasteiger partial charge in [0, 0.05) is 22.3 Å². The Morgan fingerprint density at radius 2 is 2.28 bits per heavy atom. The summed E-state index contributed by atoms with van der Waals surface area (Å²) < 4.78 is 0. The highest BCUT2D eigenvalue weighted by molar-refractivity contribution is 7.07. The summed E-state index contributed by atoms with van der Waals surface area (Å²) >= 11 is 1.08. The number of anilines is 1. The second-order valence-electron chi connectivity index (χ2n) is 3.93. The van der Waals surface area contributed by atoms with Crippen molar-refractivity contribution in [2.24, 2.45) is 0 Å². The molecule has 4 N–H and O–H groups in total. The van der Waals surface area contributed by atoms with E-state index in [1.165, 1.54) is 0 Å². The topological polar surface area (TPSA) is 88.0 Å². The zero-order valence-electron chi connectivity index (χ0n) is 9.82. The Morgan fingerprint density at radius 3 is 2.94 bits per heavy atom. The molecule has 2 rings (SSSR count). The Morgan fingerprint density at radius 1 is 1.50 bits per heavy atom. The second kappa shape index (κ2) is 5.05. The number of H-pyrrole nitrogens is 1. The molecule has 0 atom stereocenters. The van der Waals surface area contributed by atoms with Crippen molar-refractivity contribution in [3.63, 3.8) is 0 Å². The smallest absolute Gasteiger partial charge is 0.304 e. The van der Waals surface area contributed by atoms with E-state index in [0.717, 1.165) is 16.9 Å². The van der Waals surface area contributed by atoms with E-state index in [2.05, 4.69) is 10.3 Å². The SMILES string of the molecule is Cc1ccc(N)cc1C(=O)NCc1csc(=O)[nH]1. The monoisotopic (exact) mass is 263 g/mol. The van der Waals surface area contributed by atoms with Gasteiger partial charge in [0.05, 0.1) is 6.54 Å². The van der Waals surface area contributed by atoms with Gasteiger partial charge in [-0.15, -0.1) is 0 Å². The fourth-order valence-corrected chi connectivity index (χ4v) is 2.14. The van der Waals surface area contributed by atoms with Crippen LogP contribution in [0.3, 0.4) is 0 Å². The number of nitrogens with two attached hydrogens (primary N) is 1. The molecule has 1 aromatic carbocycles. The first-order valence-electron chi connectivity index (χ1n) is 5.37. The number of carbonyl (C=O) groups is 1. The molecule has 0 unspecified atom stereocenters. The number of aromatic nitrogens is 1. The van der Waals surface area contributed by atoms with Crippen LogP contribution in [-0.2, 0) is 6.54 Å². The lowest BCUT2D eigenvalue weighted by atomic mass is 10.1. The van der Waals surface area contributed by atoms with Crippen molar-refractivity contribution < 1.29 is 4.79 Å². The van der Waals surface area contributed by atoms with Gasteiger partial charge in [0.1, 0.15) is 0 Å². The maximum Gasteiger partial charge on any atom is 0.304 e. The zero-order valence-corrected chi connectivity index (χ0v) is 10.6. The molecule has 5 nitrogen and oxygen atoms in total. The van der Waals surface area contributed by atoms with Crippen molar-refractivity contribution in [2.45, 2.75) is 13.5 Å². The molecule has 1 heterocycles. The standard InChI is InChI=1S/C12H13N3O2S/c1-7-2-3-8(13)4-10(7)11(16)14-5-9-6-18-12(17)15-9/h2-4,6H,5,13H2,1H3,(H,14,16)(H,15,17). The van der Waals surface area contributed by atoms with Gasteiger partial charge in [0.2, 0.25) is 0 Å². The average molecular weight is 263 g/mol. The molecule has 0 spiro atoms. The summed E-state index contributed by atoms with van der Waals surface area (Å²) in [6.45, 7) is 2.15. The fourth-order valence-electron chi connectivity index (χ4n) is 1.56. The number of aromatic amines is 1. The number of rotatable bonds is 3. The molecule has 0 aliphatic heterocycles. The van der Waals surface area contributed by atoms with Crippen LogP contribution in [0.25, 0.3) is 0 Å². The van der Waals surface area contributed by atoms with Gasteiger partial charge in [-0.1, -0.05) is 17.4 Å². The van der Waals surface area contributed by atoms with E-state index in [-0.39, 0.29) is 10.8 Å². The number of hydrogen-bond donors (Lipinski definition) is 3. The Labute approximate surface area is 108 Å². The molecule has 0 bridgehead atoms. The Balaban J connectivity index is 2.08. The Bertz CT molecular complexity index is 630. The third-order valence-corrected chi connectivity index (χ3v) is 3.23. The van der Waals surface area contributed by atoms with E-state index >= 15 is 0 Å². The van der Waals surface area contributed by atoms with Crippen LogP contribution >= 0.6 is 11.3 Å². The third kappa shape index (κ3) is 2.78. The number of hydrogen-bond acceptors (Lipinski definition) is 4. The number of thiazole rings is 1. The van der Waals surface area contributed by atoms with E-state index in [9.17, 15) is 9.59 Å². The lowest BCUT2D eigenvalue weighted by Gasteiger charge is -2.07. The van der Waals surface area contributed by atoms with Gasteiger partial charge in [-0.3, -0.25) is 9.59 Å². The normalized spacial score (nSPS) is 10.3. The summed E-state index contributed by atoms with van der Waals surface area (Å²) in [4.78, 5) is 25.4. The summed E-state index contributed by atoms with van der Waals surface area (Å²) in [5, 5.41) is 4.43. The molecule has 0 aliphatic carbocycles. The van der Waals surface area contributed by atoms with Gasteiger partial charge in [-0.2, -0.15) is 0 Å². The Hall–Kier alpha value is -2.08. The summed E-state index contributed by atoms with van der Waals surface area (Å²) in [5.74, 6) is -0.202. The molecule has 0 saturated carbocycles. The molecule has 1 aromatic heterocycles. The van der Waals surface area contributed by atoms with Crippen molar-refractivity contribution in [2.75, 3.05) is 5.73 Å². The van der Waals surface area contributed by atoms with Gasteiger partial charge >= 0.3 is 4.87 Å². The molecule has 18 heavy (non-hydrogen) atoms. The quantitative estimate of drug-likeness (QED) is 0.728. The minimum Gasteiger partial charge on any atom is -0.399 e. The molecule has 2 aromatic rings. The van der Waals surface area contributed by atoms with Crippen molar-refractivity contribution in [3.05, 3.63) is 50.1 Å². The van der Waals surface area contributed by atoms with Gasteiger partial charge in [-0.05, 0) is 24.6 Å². The van der Waals surface area contributed by atoms with Crippen LogP contribution < -0.4 is 15.9 Å². The van der Waals surface area contributed by atoms with E-state index in [1.54, 1.807) is 23.6 Å². The fraction of sp³-hybridized carbons (Fsp3) is 0.167. The highest BCUT2D eigenvalue weighted by atomic mass is 32.1. The van der Waals surface area contributed by atoms with Crippen LogP contribution in [0.4, 0.5) is 5.69 Å². The molecule has 0 radical (unpaired) electrons.